The Hall–Kier alpha value is -0.970. The molecular formula is C21H35N3O. The Bertz CT molecular complexity index is 479. The van der Waals surface area contributed by atoms with Gasteiger partial charge in [0.05, 0.1) is 0 Å². The Morgan fingerprint density at radius 3 is 2.52 bits per heavy atom. The van der Waals surface area contributed by atoms with Crippen molar-refractivity contribution in [1.82, 2.24) is 14.8 Å². The van der Waals surface area contributed by atoms with Crippen molar-refractivity contribution in [3.8, 4) is 0 Å². The van der Waals surface area contributed by atoms with Crippen LogP contribution < -0.4 is 0 Å². The first kappa shape index (κ1) is 18.8. The maximum absolute atomic E-state index is 5.61. The summed E-state index contributed by atoms with van der Waals surface area (Å²) < 4.78 is 5.61. The minimum Gasteiger partial charge on any atom is -0.381 e. The van der Waals surface area contributed by atoms with Crippen LogP contribution in [0.25, 0.3) is 0 Å². The molecule has 0 N–H and O–H groups in total. The highest BCUT2D eigenvalue weighted by Crippen LogP contribution is 2.26. The van der Waals surface area contributed by atoms with E-state index in [2.05, 4.69) is 40.8 Å². The number of rotatable bonds is 7. The Balaban J connectivity index is 1.59. The van der Waals surface area contributed by atoms with E-state index in [9.17, 15) is 0 Å². The van der Waals surface area contributed by atoms with E-state index in [4.69, 9.17) is 4.74 Å². The summed E-state index contributed by atoms with van der Waals surface area (Å²) in [5.41, 5.74) is 1.34. The minimum atomic E-state index is 0.668. The van der Waals surface area contributed by atoms with Crippen molar-refractivity contribution >= 4 is 0 Å². The monoisotopic (exact) mass is 345 g/mol. The molecule has 1 aromatic rings. The van der Waals surface area contributed by atoms with Crippen LogP contribution in [0.4, 0.5) is 0 Å². The normalized spacial score (nSPS) is 21.3. The molecule has 0 amide bonds. The zero-order valence-electron chi connectivity index (χ0n) is 16.1. The second kappa shape index (κ2) is 9.65. The smallest absolute Gasteiger partial charge is 0.0480 e. The SMILES string of the molecule is CC(C)CCN1CCC(N(Cc2cccnc2)C2CCOCC2)CC1. The zero-order chi connectivity index (χ0) is 17.5. The standard InChI is InChI=1S/C21H35N3O/c1-18(2)5-11-23-12-6-20(7-13-23)24(21-8-14-25-15-9-21)17-19-4-3-10-22-16-19/h3-4,10,16,18,20-21H,5-9,11-15,17H2,1-2H3. The summed E-state index contributed by atoms with van der Waals surface area (Å²) in [6.45, 7) is 11.3. The van der Waals surface area contributed by atoms with Crippen LogP contribution in [-0.2, 0) is 11.3 Å². The Morgan fingerprint density at radius 2 is 1.88 bits per heavy atom. The molecule has 0 bridgehead atoms. The molecule has 0 unspecified atom stereocenters. The molecule has 0 aliphatic carbocycles. The van der Waals surface area contributed by atoms with Gasteiger partial charge >= 0.3 is 0 Å². The summed E-state index contributed by atoms with van der Waals surface area (Å²) >= 11 is 0. The van der Waals surface area contributed by atoms with Gasteiger partial charge in [0, 0.05) is 44.2 Å². The summed E-state index contributed by atoms with van der Waals surface area (Å²) in [7, 11) is 0. The van der Waals surface area contributed by atoms with Gasteiger partial charge in [-0.1, -0.05) is 19.9 Å². The molecule has 0 saturated carbocycles. The molecule has 2 aliphatic rings. The predicted octanol–water partition coefficient (Wildman–Crippen LogP) is 3.57. The molecule has 4 heteroatoms. The van der Waals surface area contributed by atoms with Gasteiger partial charge in [-0.3, -0.25) is 9.88 Å². The Labute approximate surface area is 153 Å². The lowest BCUT2D eigenvalue weighted by Gasteiger charge is -2.43. The number of hydrogen-bond acceptors (Lipinski definition) is 4. The number of nitrogens with zero attached hydrogens (tertiary/aromatic N) is 3. The highest BCUT2D eigenvalue weighted by atomic mass is 16.5. The van der Waals surface area contributed by atoms with Gasteiger partial charge in [-0.25, -0.2) is 0 Å². The first-order valence-electron chi connectivity index (χ1n) is 10.2. The van der Waals surface area contributed by atoms with Gasteiger partial charge in [0.25, 0.3) is 0 Å². The van der Waals surface area contributed by atoms with Crippen molar-refractivity contribution in [3.05, 3.63) is 30.1 Å². The van der Waals surface area contributed by atoms with Crippen molar-refractivity contribution in [2.75, 3.05) is 32.8 Å². The Kier molecular flexibility index (Phi) is 7.26. The van der Waals surface area contributed by atoms with Crippen LogP contribution in [0.15, 0.2) is 24.5 Å². The van der Waals surface area contributed by atoms with E-state index < -0.39 is 0 Å². The molecule has 3 rings (SSSR count). The lowest BCUT2D eigenvalue weighted by Crippen LogP contribution is -2.50. The summed E-state index contributed by atoms with van der Waals surface area (Å²) in [5.74, 6) is 0.807. The van der Waals surface area contributed by atoms with Gasteiger partial charge in [0.15, 0.2) is 0 Å². The topological polar surface area (TPSA) is 28.6 Å². The highest BCUT2D eigenvalue weighted by molar-refractivity contribution is 5.09. The van der Waals surface area contributed by atoms with Crippen molar-refractivity contribution in [2.45, 2.75) is 64.6 Å². The van der Waals surface area contributed by atoms with Gasteiger partial charge in [0.1, 0.15) is 0 Å². The fourth-order valence-electron chi connectivity index (χ4n) is 4.19. The van der Waals surface area contributed by atoms with Crippen molar-refractivity contribution in [3.63, 3.8) is 0 Å². The third kappa shape index (κ3) is 5.77. The van der Waals surface area contributed by atoms with Crippen molar-refractivity contribution in [1.29, 1.82) is 0 Å². The van der Waals surface area contributed by atoms with Gasteiger partial charge < -0.3 is 9.64 Å². The summed E-state index contributed by atoms with van der Waals surface area (Å²) in [4.78, 5) is 9.77. The lowest BCUT2D eigenvalue weighted by atomic mass is 9.96. The maximum Gasteiger partial charge on any atom is 0.0480 e. The highest BCUT2D eigenvalue weighted by Gasteiger charge is 2.30. The molecule has 2 fully saturated rings. The molecule has 0 radical (unpaired) electrons. The third-order valence-corrected chi connectivity index (χ3v) is 5.80. The number of likely N-dealkylation sites (tertiary alicyclic amines) is 1. The van der Waals surface area contributed by atoms with Crippen LogP contribution >= 0.6 is 0 Å². The summed E-state index contributed by atoms with van der Waals surface area (Å²) in [6.07, 6.45) is 10.2. The molecule has 140 valence electrons. The van der Waals surface area contributed by atoms with E-state index in [0.29, 0.717) is 12.1 Å². The number of piperidine rings is 1. The quantitative estimate of drug-likeness (QED) is 0.755. The summed E-state index contributed by atoms with van der Waals surface area (Å²) in [6, 6.07) is 5.66. The van der Waals surface area contributed by atoms with E-state index in [0.717, 1.165) is 25.7 Å². The van der Waals surface area contributed by atoms with Crippen LogP contribution in [0.1, 0.15) is 51.5 Å². The lowest BCUT2D eigenvalue weighted by molar-refractivity contribution is -0.00273. The molecule has 0 atom stereocenters. The third-order valence-electron chi connectivity index (χ3n) is 5.80. The van der Waals surface area contributed by atoms with E-state index >= 15 is 0 Å². The second-order valence-corrected chi connectivity index (χ2v) is 8.13. The Morgan fingerprint density at radius 1 is 1.16 bits per heavy atom. The molecule has 3 heterocycles. The number of hydrogen-bond donors (Lipinski definition) is 0. The van der Waals surface area contributed by atoms with Gasteiger partial charge in [0.2, 0.25) is 0 Å². The van der Waals surface area contributed by atoms with E-state index in [1.165, 1.54) is 57.3 Å². The van der Waals surface area contributed by atoms with E-state index in [1.54, 1.807) is 0 Å². The summed E-state index contributed by atoms with van der Waals surface area (Å²) in [5, 5.41) is 0. The molecule has 4 nitrogen and oxygen atoms in total. The van der Waals surface area contributed by atoms with Gasteiger partial charge in [-0.05, 0) is 69.3 Å². The molecule has 2 saturated heterocycles. The molecule has 25 heavy (non-hydrogen) atoms. The average molecular weight is 346 g/mol. The van der Waals surface area contributed by atoms with Gasteiger partial charge in [-0.15, -0.1) is 0 Å². The fraction of sp³-hybridized carbons (Fsp3) is 0.762. The van der Waals surface area contributed by atoms with Crippen LogP contribution in [0.3, 0.4) is 0 Å². The second-order valence-electron chi connectivity index (χ2n) is 8.13. The number of aromatic nitrogens is 1. The average Bonchev–Trinajstić information content (AvgIpc) is 2.66. The largest absolute Gasteiger partial charge is 0.381 e. The molecule has 2 aliphatic heterocycles. The van der Waals surface area contributed by atoms with Crippen LogP contribution in [-0.4, -0.2) is 59.7 Å². The molecular weight excluding hydrogens is 310 g/mol. The van der Waals surface area contributed by atoms with E-state index in [1.807, 2.05) is 12.4 Å². The van der Waals surface area contributed by atoms with Crippen molar-refractivity contribution in [2.24, 2.45) is 5.92 Å². The minimum absolute atomic E-state index is 0.668. The van der Waals surface area contributed by atoms with Crippen LogP contribution in [0.2, 0.25) is 0 Å². The predicted molar refractivity (Wildman–Crippen MR) is 103 cm³/mol. The molecule has 0 aromatic carbocycles. The zero-order valence-corrected chi connectivity index (χ0v) is 16.1. The number of ether oxygens (including phenoxy) is 1. The van der Waals surface area contributed by atoms with Crippen molar-refractivity contribution < 1.29 is 4.74 Å². The molecule has 1 aromatic heterocycles. The first-order valence-corrected chi connectivity index (χ1v) is 10.2. The van der Waals surface area contributed by atoms with Crippen LogP contribution in [0, 0.1) is 5.92 Å². The number of pyridine rings is 1. The van der Waals surface area contributed by atoms with Gasteiger partial charge in [-0.2, -0.15) is 0 Å². The fourth-order valence-corrected chi connectivity index (χ4v) is 4.19. The molecule has 0 spiro atoms. The first-order chi connectivity index (χ1) is 12.2. The van der Waals surface area contributed by atoms with E-state index in [-0.39, 0.29) is 0 Å². The maximum atomic E-state index is 5.61. The van der Waals surface area contributed by atoms with Crippen LogP contribution in [0.5, 0.6) is 0 Å².